The standard InChI is InChI=1S/C15H25BF3NO2/c1-3-5-6-11(4-2)12(21)22-14-9-13(14,7-8-20-10-14)16-15(17,18)19/h11,16,20H,3-10H2,1-2H3. The average Bonchev–Trinajstić information content (AvgIpc) is 3.04. The molecule has 1 saturated heterocycles. The van der Waals surface area contributed by atoms with E-state index in [9.17, 15) is 18.0 Å². The predicted octanol–water partition coefficient (Wildman–Crippen LogP) is 3.00. The number of ether oxygens (including phenoxy) is 1. The molecule has 1 saturated carbocycles. The topological polar surface area (TPSA) is 38.3 Å². The molecule has 0 aromatic rings. The summed E-state index contributed by atoms with van der Waals surface area (Å²) < 4.78 is 44.2. The summed E-state index contributed by atoms with van der Waals surface area (Å²) in [7, 11) is -0.847. The van der Waals surface area contributed by atoms with Crippen LogP contribution < -0.4 is 5.32 Å². The summed E-state index contributed by atoms with van der Waals surface area (Å²) in [5, 5.41) is 2.19. The van der Waals surface area contributed by atoms with Crippen molar-refractivity contribution in [2.24, 2.45) is 5.92 Å². The molecule has 0 spiro atoms. The molecule has 2 fully saturated rings. The van der Waals surface area contributed by atoms with Crippen molar-refractivity contribution in [1.29, 1.82) is 0 Å². The monoisotopic (exact) mass is 319 g/mol. The lowest BCUT2D eigenvalue weighted by Gasteiger charge is -2.32. The molecule has 126 valence electrons. The summed E-state index contributed by atoms with van der Waals surface area (Å²) in [4.78, 5) is 12.4. The molecule has 2 rings (SSSR count). The molecule has 0 radical (unpaired) electrons. The van der Waals surface area contributed by atoms with E-state index >= 15 is 0 Å². The number of rotatable bonds is 7. The Morgan fingerprint density at radius 2 is 2.14 bits per heavy atom. The lowest BCUT2D eigenvalue weighted by atomic mass is 9.56. The van der Waals surface area contributed by atoms with Crippen molar-refractivity contribution in [1.82, 2.24) is 5.32 Å². The minimum absolute atomic E-state index is 0.194. The molecule has 0 amide bonds. The fraction of sp³-hybridized carbons (Fsp3) is 0.933. The smallest absolute Gasteiger partial charge is 0.342 e. The van der Waals surface area contributed by atoms with E-state index in [1.165, 1.54) is 0 Å². The maximum absolute atomic E-state index is 12.8. The normalized spacial score (nSPS) is 32.0. The van der Waals surface area contributed by atoms with Crippen LogP contribution in [0.15, 0.2) is 0 Å². The van der Waals surface area contributed by atoms with Crippen LogP contribution in [0.4, 0.5) is 13.2 Å². The molecule has 0 aromatic carbocycles. The van der Waals surface area contributed by atoms with Gasteiger partial charge in [-0.05, 0) is 32.2 Å². The summed E-state index contributed by atoms with van der Waals surface area (Å²) >= 11 is 0. The van der Waals surface area contributed by atoms with Crippen molar-refractivity contribution in [3.05, 3.63) is 0 Å². The van der Waals surface area contributed by atoms with Gasteiger partial charge in [0.1, 0.15) is 5.60 Å². The Hall–Kier alpha value is -0.715. The van der Waals surface area contributed by atoms with Gasteiger partial charge in [0.15, 0.2) is 0 Å². The quantitative estimate of drug-likeness (QED) is 0.579. The van der Waals surface area contributed by atoms with Crippen LogP contribution >= 0.6 is 0 Å². The van der Waals surface area contributed by atoms with Crippen LogP contribution in [-0.2, 0) is 9.53 Å². The van der Waals surface area contributed by atoms with Gasteiger partial charge in [0, 0.05) is 11.9 Å². The van der Waals surface area contributed by atoms with Gasteiger partial charge in [0.25, 0.3) is 7.28 Å². The molecule has 2 aliphatic rings. The first-order chi connectivity index (χ1) is 10.3. The van der Waals surface area contributed by atoms with E-state index in [0.29, 0.717) is 32.4 Å². The van der Waals surface area contributed by atoms with Crippen LogP contribution in [0, 0.1) is 5.92 Å². The van der Waals surface area contributed by atoms with Crippen LogP contribution in [0.2, 0.25) is 5.31 Å². The summed E-state index contributed by atoms with van der Waals surface area (Å²) in [5.41, 5.74) is -0.933. The zero-order chi connectivity index (χ0) is 16.4. The number of hydrogen-bond acceptors (Lipinski definition) is 3. The molecule has 3 nitrogen and oxygen atoms in total. The molecule has 3 unspecified atom stereocenters. The van der Waals surface area contributed by atoms with Gasteiger partial charge in [0.05, 0.1) is 5.92 Å². The Balaban J connectivity index is 2.02. The third kappa shape index (κ3) is 3.61. The molecule has 7 heteroatoms. The fourth-order valence-electron chi connectivity index (χ4n) is 3.78. The van der Waals surface area contributed by atoms with Crippen molar-refractivity contribution >= 4 is 13.2 Å². The zero-order valence-corrected chi connectivity index (χ0v) is 13.4. The highest BCUT2D eigenvalue weighted by Gasteiger charge is 2.74. The van der Waals surface area contributed by atoms with E-state index in [0.717, 1.165) is 19.3 Å². The largest absolute Gasteiger partial charge is 0.458 e. The van der Waals surface area contributed by atoms with Gasteiger partial charge >= 0.3 is 12.0 Å². The van der Waals surface area contributed by atoms with Gasteiger partial charge in [-0.15, -0.1) is 0 Å². The first kappa shape index (κ1) is 17.6. The zero-order valence-electron chi connectivity index (χ0n) is 13.4. The molecule has 1 aliphatic heterocycles. The molecule has 22 heavy (non-hydrogen) atoms. The molecule has 1 heterocycles. The van der Waals surface area contributed by atoms with Gasteiger partial charge in [-0.3, -0.25) is 4.79 Å². The number of fused-ring (bicyclic) bond motifs is 1. The van der Waals surface area contributed by atoms with E-state index in [1.807, 2.05) is 6.92 Å². The van der Waals surface area contributed by atoms with Crippen molar-refractivity contribution in [3.63, 3.8) is 0 Å². The van der Waals surface area contributed by atoms with Crippen LogP contribution in [0.5, 0.6) is 0 Å². The Labute approximate surface area is 130 Å². The second-order valence-electron chi connectivity index (χ2n) is 6.84. The molecular formula is C15H25BF3NO2. The van der Waals surface area contributed by atoms with Crippen LogP contribution in [0.1, 0.15) is 52.4 Å². The lowest BCUT2D eigenvalue weighted by molar-refractivity contribution is -0.158. The van der Waals surface area contributed by atoms with Crippen molar-refractivity contribution in [2.75, 3.05) is 13.1 Å². The second kappa shape index (κ2) is 6.42. The molecule has 1 N–H and O–H groups in total. The highest BCUT2D eigenvalue weighted by Crippen LogP contribution is 2.69. The van der Waals surface area contributed by atoms with Gasteiger partial charge < -0.3 is 10.1 Å². The lowest BCUT2D eigenvalue weighted by Crippen LogP contribution is -2.46. The third-order valence-electron chi connectivity index (χ3n) is 5.22. The number of carbonyl (C=O) groups excluding carboxylic acids is 1. The van der Waals surface area contributed by atoms with Crippen molar-refractivity contribution < 1.29 is 22.7 Å². The van der Waals surface area contributed by atoms with Gasteiger partial charge in [0.2, 0.25) is 0 Å². The average molecular weight is 319 g/mol. The molecule has 3 atom stereocenters. The first-order valence-electron chi connectivity index (χ1n) is 8.28. The SMILES string of the molecule is CCCCC(CC)C(=O)OC12CNCCC1(BC(F)(F)F)C2. The molecule has 0 bridgehead atoms. The van der Waals surface area contributed by atoms with E-state index in [1.54, 1.807) is 0 Å². The third-order valence-corrected chi connectivity index (χ3v) is 5.22. The van der Waals surface area contributed by atoms with E-state index in [2.05, 4.69) is 12.2 Å². The Kier molecular flexibility index (Phi) is 5.14. The number of alkyl halides is 3. The summed E-state index contributed by atoms with van der Waals surface area (Å²) in [6, 6.07) is 0. The molecule has 0 aromatic heterocycles. The first-order valence-corrected chi connectivity index (χ1v) is 8.28. The van der Waals surface area contributed by atoms with Gasteiger partial charge in [-0.2, -0.15) is 13.2 Å². The highest BCUT2D eigenvalue weighted by atomic mass is 19.4. The van der Waals surface area contributed by atoms with Crippen LogP contribution in [-0.4, -0.2) is 38.0 Å². The number of carbonyl (C=O) groups is 1. The highest BCUT2D eigenvalue weighted by molar-refractivity contribution is 6.45. The maximum atomic E-state index is 12.8. The number of hydrogen-bond donors (Lipinski definition) is 1. The fourth-order valence-corrected chi connectivity index (χ4v) is 3.78. The number of nitrogens with one attached hydrogen (secondary N) is 1. The van der Waals surface area contributed by atoms with Gasteiger partial charge in [-0.1, -0.05) is 26.7 Å². The minimum Gasteiger partial charge on any atom is -0.458 e. The Morgan fingerprint density at radius 3 is 2.73 bits per heavy atom. The van der Waals surface area contributed by atoms with E-state index < -0.39 is 24.3 Å². The summed E-state index contributed by atoms with van der Waals surface area (Å²) in [5.74, 6) is -0.510. The van der Waals surface area contributed by atoms with Crippen molar-refractivity contribution in [2.45, 2.75) is 69.4 Å². The molecule has 1 aliphatic carbocycles. The Bertz CT molecular complexity index is 418. The summed E-state index contributed by atoms with van der Waals surface area (Å²) in [6.45, 7) is 4.88. The van der Waals surface area contributed by atoms with Crippen LogP contribution in [0.25, 0.3) is 0 Å². The number of esters is 1. The maximum Gasteiger partial charge on any atom is 0.342 e. The number of piperidine rings is 1. The number of halogens is 3. The van der Waals surface area contributed by atoms with E-state index in [-0.39, 0.29) is 11.9 Å². The predicted molar refractivity (Wildman–Crippen MR) is 80.1 cm³/mol. The van der Waals surface area contributed by atoms with Crippen molar-refractivity contribution in [3.8, 4) is 0 Å². The Morgan fingerprint density at radius 1 is 1.41 bits per heavy atom. The van der Waals surface area contributed by atoms with Gasteiger partial charge in [-0.25, -0.2) is 0 Å². The number of unbranched alkanes of at least 4 members (excludes halogenated alkanes) is 1. The molecular weight excluding hydrogens is 294 g/mol. The summed E-state index contributed by atoms with van der Waals surface area (Å²) in [6.07, 6.45) is -0.0941. The second-order valence-corrected chi connectivity index (χ2v) is 6.84. The van der Waals surface area contributed by atoms with E-state index in [4.69, 9.17) is 4.74 Å². The minimum atomic E-state index is -4.21. The van der Waals surface area contributed by atoms with Crippen LogP contribution in [0.3, 0.4) is 0 Å².